The van der Waals surface area contributed by atoms with Crippen LogP contribution in [0.2, 0.25) is 0 Å². The fourth-order valence-corrected chi connectivity index (χ4v) is 4.10. The van der Waals surface area contributed by atoms with E-state index in [1.165, 1.54) is 0 Å². The van der Waals surface area contributed by atoms with Crippen molar-refractivity contribution >= 4 is 36.5 Å². The van der Waals surface area contributed by atoms with E-state index in [-0.39, 0.29) is 32.0 Å². The SMILES string of the molecule is C=CC(CCCOC(=O)NCn1c(=O)n(CN=C=O)c(=O)n(CN=C=O)c1=O)CCOC(=O)NCn1c(=O)n(CN=C=O)c(=O)n(CN=C=O)c1=O. The molecule has 26 heteroatoms. The van der Waals surface area contributed by atoms with Crippen molar-refractivity contribution in [3.63, 3.8) is 0 Å². The molecule has 2 heterocycles. The lowest BCUT2D eigenvalue weighted by molar-refractivity contribution is 0.131. The van der Waals surface area contributed by atoms with E-state index in [1.54, 1.807) is 6.08 Å². The van der Waals surface area contributed by atoms with Gasteiger partial charge in [0.15, 0.2) is 0 Å². The maximum absolute atomic E-state index is 12.6. The average molecular weight is 733 g/mol. The molecule has 0 spiro atoms. The number of nitrogens with one attached hydrogen (secondary N) is 2. The van der Waals surface area contributed by atoms with Crippen molar-refractivity contribution in [3.05, 3.63) is 75.6 Å². The molecule has 0 aliphatic carbocycles. The molecule has 0 fully saturated rings. The van der Waals surface area contributed by atoms with Gasteiger partial charge in [0.2, 0.25) is 24.3 Å². The van der Waals surface area contributed by atoms with Gasteiger partial charge in [-0.2, -0.15) is 20.0 Å². The Labute approximate surface area is 287 Å². The maximum Gasteiger partial charge on any atom is 0.408 e. The molecule has 0 bridgehead atoms. The smallest absolute Gasteiger partial charge is 0.408 e. The van der Waals surface area contributed by atoms with Gasteiger partial charge in [0.05, 0.1) is 13.2 Å². The highest BCUT2D eigenvalue weighted by Crippen LogP contribution is 2.12. The monoisotopic (exact) mass is 732 g/mol. The highest BCUT2D eigenvalue weighted by Gasteiger charge is 2.18. The number of aliphatic imine (C=N–C) groups is 4. The minimum absolute atomic E-state index is 0.150. The first-order chi connectivity index (χ1) is 25.0. The number of allylic oxidation sites excluding steroid dienone is 1. The number of carbonyl (C=O) groups excluding carboxylic acids is 6. The Morgan fingerprint density at radius 1 is 0.577 bits per heavy atom. The molecule has 2 aromatic heterocycles. The van der Waals surface area contributed by atoms with Gasteiger partial charge in [0.1, 0.15) is 40.0 Å². The van der Waals surface area contributed by atoms with Crippen molar-refractivity contribution in [1.82, 2.24) is 38.0 Å². The number of aromatic nitrogens is 6. The largest absolute Gasteiger partial charge is 0.450 e. The molecular formula is C26H28N12O14. The first-order valence-electron chi connectivity index (χ1n) is 14.4. The summed E-state index contributed by atoms with van der Waals surface area (Å²) in [6, 6.07) is 0. The van der Waals surface area contributed by atoms with Crippen LogP contribution < -0.4 is 44.8 Å². The highest BCUT2D eigenvalue weighted by molar-refractivity contribution is 5.67. The zero-order valence-electron chi connectivity index (χ0n) is 26.8. The zero-order chi connectivity index (χ0) is 38.6. The molecule has 0 aromatic carbocycles. The van der Waals surface area contributed by atoms with Crippen LogP contribution >= 0.6 is 0 Å². The number of rotatable bonds is 20. The van der Waals surface area contributed by atoms with Crippen molar-refractivity contribution in [2.75, 3.05) is 13.2 Å². The van der Waals surface area contributed by atoms with E-state index in [9.17, 15) is 57.5 Å². The van der Waals surface area contributed by atoms with Crippen molar-refractivity contribution in [3.8, 4) is 0 Å². The number of alkyl carbamates (subject to hydrolysis) is 2. The van der Waals surface area contributed by atoms with Gasteiger partial charge in [-0.05, 0) is 25.2 Å². The number of hydrogen-bond acceptors (Lipinski definition) is 18. The molecule has 0 radical (unpaired) electrons. The van der Waals surface area contributed by atoms with E-state index in [4.69, 9.17) is 9.47 Å². The van der Waals surface area contributed by atoms with Gasteiger partial charge in [-0.1, -0.05) is 6.08 Å². The van der Waals surface area contributed by atoms with Crippen LogP contribution in [-0.4, -0.2) is 77.1 Å². The molecule has 2 rings (SSSR count). The van der Waals surface area contributed by atoms with Gasteiger partial charge >= 0.3 is 46.3 Å². The molecule has 2 aromatic rings. The lowest BCUT2D eigenvalue weighted by atomic mass is 10.0. The summed E-state index contributed by atoms with van der Waals surface area (Å²) in [5.41, 5.74) is -7.43. The highest BCUT2D eigenvalue weighted by atomic mass is 16.6. The van der Waals surface area contributed by atoms with Gasteiger partial charge in [-0.3, -0.25) is 0 Å². The molecule has 2 amide bonds. The predicted octanol–water partition coefficient (Wildman–Crippen LogP) is -4.13. The second-order valence-electron chi connectivity index (χ2n) is 9.70. The maximum atomic E-state index is 12.6. The number of isocyanates is 4. The van der Waals surface area contributed by atoms with Crippen LogP contribution in [0.3, 0.4) is 0 Å². The molecule has 276 valence electrons. The zero-order valence-corrected chi connectivity index (χ0v) is 26.8. The molecule has 0 saturated heterocycles. The Bertz CT molecular complexity index is 2100. The molecule has 0 aliphatic heterocycles. The van der Waals surface area contributed by atoms with E-state index in [1.807, 2.05) is 0 Å². The Kier molecular flexibility index (Phi) is 16.4. The van der Waals surface area contributed by atoms with E-state index in [0.29, 0.717) is 33.8 Å². The molecule has 0 aliphatic rings. The summed E-state index contributed by atoms with van der Waals surface area (Å²) >= 11 is 0. The van der Waals surface area contributed by atoms with Gasteiger partial charge in [-0.25, -0.2) is 84.9 Å². The molecular weight excluding hydrogens is 704 g/mol. The van der Waals surface area contributed by atoms with E-state index in [0.717, 1.165) is 24.3 Å². The van der Waals surface area contributed by atoms with E-state index >= 15 is 0 Å². The molecule has 0 saturated carbocycles. The van der Waals surface area contributed by atoms with Crippen molar-refractivity contribution in [1.29, 1.82) is 0 Å². The summed E-state index contributed by atoms with van der Waals surface area (Å²) in [5.74, 6) is -0.254. The summed E-state index contributed by atoms with van der Waals surface area (Å²) in [4.78, 5) is 154. The van der Waals surface area contributed by atoms with Crippen molar-refractivity contribution in [2.24, 2.45) is 25.9 Å². The summed E-state index contributed by atoms with van der Waals surface area (Å²) in [7, 11) is 0. The summed E-state index contributed by atoms with van der Waals surface area (Å²) < 4.78 is 12.3. The number of nitrogens with zero attached hydrogens (tertiary/aromatic N) is 10. The first kappa shape index (κ1) is 40.8. The molecule has 1 atom stereocenters. The van der Waals surface area contributed by atoms with Crippen LogP contribution in [0.25, 0.3) is 0 Å². The van der Waals surface area contributed by atoms with Crippen LogP contribution in [0.5, 0.6) is 0 Å². The van der Waals surface area contributed by atoms with Crippen LogP contribution in [0.15, 0.2) is 61.4 Å². The lowest BCUT2D eigenvalue weighted by Gasteiger charge is -2.14. The lowest BCUT2D eigenvalue weighted by Crippen LogP contribution is -2.55. The van der Waals surface area contributed by atoms with Gasteiger partial charge in [0, 0.05) is 0 Å². The second kappa shape index (κ2) is 20.9. The normalized spacial score (nSPS) is 10.6. The van der Waals surface area contributed by atoms with E-state index in [2.05, 4.69) is 37.2 Å². The van der Waals surface area contributed by atoms with Gasteiger partial charge < -0.3 is 20.1 Å². The topological polar surface area (TPSA) is 326 Å². The summed E-state index contributed by atoms with van der Waals surface area (Å²) in [5, 5.41) is 4.30. The van der Waals surface area contributed by atoms with Crippen LogP contribution in [0.1, 0.15) is 19.3 Å². The van der Waals surface area contributed by atoms with E-state index < -0.39 is 86.3 Å². The first-order valence-corrected chi connectivity index (χ1v) is 14.4. The Hall–Kier alpha value is -7.38. The average Bonchev–Trinajstić information content (AvgIpc) is 3.12. The van der Waals surface area contributed by atoms with Crippen LogP contribution in [-0.2, 0) is 68.7 Å². The fourth-order valence-electron chi connectivity index (χ4n) is 4.10. The minimum Gasteiger partial charge on any atom is -0.450 e. The number of hydrogen-bond donors (Lipinski definition) is 2. The summed E-state index contributed by atoms with van der Waals surface area (Å²) in [6.45, 7) is -1.43. The molecule has 1 unspecified atom stereocenters. The quantitative estimate of drug-likeness (QED) is 0.0565. The molecule has 26 nitrogen and oxygen atoms in total. The van der Waals surface area contributed by atoms with Crippen LogP contribution in [0.4, 0.5) is 9.59 Å². The molecule has 2 N–H and O–H groups in total. The van der Waals surface area contributed by atoms with Gasteiger partial charge in [-0.15, -0.1) is 6.58 Å². The van der Waals surface area contributed by atoms with Crippen LogP contribution in [0, 0.1) is 5.92 Å². The Morgan fingerprint density at radius 2 is 0.904 bits per heavy atom. The van der Waals surface area contributed by atoms with Crippen molar-refractivity contribution < 1.29 is 38.2 Å². The second-order valence-corrected chi connectivity index (χ2v) is 9.70. The number of carbonyl (C=O) groups is 2. The standard InChI is InChI=1S/C26H28N12O14/c1-2-18(5-7-52-20(44)32-13-38-25(49)35(10-29-16-41)22(46)36(26(38)50)11-30-17-42)4-3-6-51-19(43)31-12-37-23(47)33(8-27-14-39)21(45)34(24(37)48)9-28-15-40/h2,18H,1,3-13H2,(H,31,43)(H,32,44). The third kappa shape index (κ3) is 11.1. The Balaban J connectivity index is 1.90. The fraction of sp³-hybridized carbons (Fsp3) is 0.462. The molecule has 52 heavy (non-hydrogen) atoms. The number of ether oxygens (including phenoxy) is 2. The van der Waals surface area contributed by atoms with Gasteiger partial charge in [0.25, 0.3) is 0 Å². The number of amides is 2. The predicted molar refractivity (Wildman–Crippen MR) is 167 cm³/mol. The van der Waals surface area contributed by atoms with Crippen molar-refractivity contribution in [2.45, 2.75) is 59.3 Å². The minimum atomic E-state index is -1.24. The third-order valence-electron chi connectivity index (χ3n) is 6.65. The summed E-state index contributed by atoms with van der Waals surface area (Å²) in [6.07, 6.45) is 4.82. The Morgan fingerprint density at radius 3 is 1.23 bits per heavy atom. The third-order valence-corrected chi connectivity index (χ3v) is 6.65.